The van der Waals surface area contributed by atoms with E-state index in [1.807, 2.05) is 52.0 Å². The summed E-state index contributed by atoms with van der Waals surface area (Å²) in [4.78, 5) is 28.9. The van der Waals surface area contributed by atoms with E-state index in [0.717, 1.165) is 27.4 Å². The molecule has 0 radical (unpaired) electrons. The summed E-state index contributed by atoms with van der Waals surface area (Å²) >= 11 is 6.39. The molecule has 0 aliphatic rings. The maximum absolute atomic E-state index is 14.2. The maximum Gasteiger partial charge on any atom is 0.264 e. The predicted octanol–water partition coefficient (Wildman–Crippen LogP) is 5.79. The molecule has 0 heterocycles. The van der Waals surface area contributed by atoms with Gasteiger partial charge in [0, 0.05) is 18.1 Å². The van der Waals surface area contributed by atoms with E-state index < -0.39 is 28.5 Å². The van der Waals surface area contributed by atoms with Crippen molar-refractivity contribution < 1.29 is 18.0 Å². The molecule has 7 nitrogen and oxygen atoms in total. The van der Waals surface area contributed by atoms with Crippen LogP contribution in [0.4, 0.5) is 5.69 Å². The van der Waals surface area contributed by atoms with Crippen molar-refractivity contribution in [3.63, 3.8) is 0 Å². The number of benzene rings is 3. The molecule has 9 heteroatoms. The van der Waals surface area contributed by atoms with Gasteiger partial charge in [0.25, 0.3) is 10.0 Å². The topological polar surface area (TPSA) is 86.8 Å². The lowest BCUT2D eigenvalue weighted by Crippen LogP contribution is -2.52. The summed E-state index contributed by atoms with van der Waals surface area (Å²) in [6.45, 7) is 9.48. The molecule has 0 bridgehead atoms. The predicted molar refractivity (Wildman–Crippen MR) is 161 cm³/mol. The largest absolute Gasteiger partial charge is 0.354 e. The molecule has 3 rings (SSSR count). The molecule has 2 amide bonds. The number of nitrogens with one attached hydrogen (secondary N) is 1. The lowest BCUT2D eigenvalue weighted by atomic mass is 10.1. The highest BCUT2D eigenvalue weighted by atomic mass is 35.5. The number of nitrogens with zero attached hydrogens (tertiary/aromatic N) is 2. The van der Waals surface area contributed by atoms with Crippen molar-refractivity contribution >= 4 is 39.1 Å². The van der Waals surface area contributed by atoms with Gasteiger partial charge in [-0.2, -0.15) is 0 Å². The summed E-state index contributed by atoms with van der Waals surface area (Å²) in [7, 11) is -4.16. The quantitative estimate of drug-likeness (QED) is 0.292. The highest BCUT2D eigenvalue weighted by Gasteiger charge is 2.34. The Bertz CT molecular complexity index is 1440. The number of amides is 2. The van der Waals surface area contributed by atoms with E-state index in [1.54, 1.807) is 37.3 Å². The first-order chi connectivity index (χ1) is 19.0. The molecule has 1 unspecified atom stereocenters. The lowest BCUT2D eigenvalue weighted by Gasteiger charge is -2.34. The Labute approximate surface area is 243 Å². The van der Waals surface area contributed by atoms with Gasteiger partial charge in [-0.15, -0.1) is 0 Å². The van der Waals surface area contributed by atoms with Gasteiger partial charge in [0.1, 0.15) is 12.6 Å². The fourth-order valence-electron chi connectivity index (χ4n) is 4.47. The summed E-state index contributed by atoms with van der Waals surface area (Å²) in [6, 6.07) is 18.3. The molecule has 3 aromatic rings. The van der Waals surface area contributed by atoms with E-state index in [1.165, 1.54) is 17.0 Å². The highest BCUT2D eigenvalue weighted by Crippen LogP contribution is 2.31. The van der Waals surface area contributed by atoms with Crippen molar-refractivity contribution in [2.75, 3.05) is 17.4 Å². The number of halogens is 1. The number of hydrogen-bond acceptors (Lipinski definition) is 4. The number of hydrogen-bond donors (Lipinski definition) is 1. The SMILES string of the molecule is CCCNC(=O)C(CC)N(Cc1ccccc1C)C(=O)CN(c1cccc(Cl)c1C)S(=O)(=O)c1ccc(C)cc1. The van der Waals surface area contributed by atoms with Gasteiger partial charge in [0.05, 0.1) is 10.6 Å². The number of aryl methyl sites for hydroxylation is 2. The Morgan fingerprint density at radius 1 is 0.925 bits per heavy atom. The van der Waals surface area contributed by atoms with Crippen LogP contribution in [-0.4, -0.2) is 44.3 Å². The Balaban J connectivity index is 2.11. The van der Waals surface area contributed by atoms with Crippen LogP contribution < -0.4 is 9.62 Å². The van der Waals surface area contributed by atoms with E-state index in [9.17, 15) is 18.0 Å². The van der Waals surface area contributed by atoms with Crippen LogP contribution in [0.25, 0.3) is 0 Å². The molecule has 0 fully saturated rings. The summed E-state index contributed by atoms with van der Waals surface area (Å²) in [6.07, 6.45) is 1.12. The molecule has 0 aromatic heterocycles. The average molecular weight is 584 g/mol. The van der Waals surface area contributed by atoms with Gasteiger partial charge in [0.15, 0.2) is 0 Å². The molecule has 40 heavy (non-hydrogen) atoms. The number of sulfonamides is 1. The second-order valence-electron chi connectivity index (χ2n) is 9.87. The van der Waals surface area contributed by atoms with Crippen molar-refractivity contribution in [3.05, 3.63) is 94.0 Å². The van der Waals surface area contributed by atoms with Gasteiger partial charge in [-0.3, -0.25) is 13.9 Å². The fourth-order valence-corrected chi connectivity index (χ4v) is 6.11. The van der Waals surface area contributed by atoms with E-state index in [0.29, 0.717) is 29.2 Å². The van der Waals surface area contributed by atoms with Gasteiger partial charge >= 0.3 is 0 Å². The molecule has 0 spiro atoms. The van der Waals surface area contributed by atoms with Crippen LogP contribution >= 0.6 is 11.6 Å². The molecule has 1 atom stereocenters. The van der Waals surface area contributed by atoms with Gasteiger partial charge < -0.3 is 10.2 Å². The van der Waals surface area contributed by atoms with Crippen molar-refractivity contribution in [1.82, 2.24) is 10.2 Å². The third-order valence-corrected chi connectivity index (χ3v) is 9.12. The van der Waals surface area contributed by atoms with Crippen LogP contribution in [0.2, 0.25) is 5.02 Å². The number of carbonyl (C=O) groups is 2. The first kappa shape index (κ1) is 31.2. The molecular weight excluding hydrogens is 546 g/mol. The number of rotatable bonds is 12. The third kappa shape index (κ3) is 7.23. The van der Waals surface area contributed by atoms with Crippen LogP contribution in [0.1, 0.15) is 48.9 Å². The van der Waals surface area contributed by atoms with Gasteiger partial charge in [-0.25, -0.2) is 8.42 Å². The fraction of sp³-hybridized carbons (Fsp3) is 0.355. The third-order valence-electron chi connectivity index (χ3n) is 6.93. The van der Waals surface area contributed by atoms with Gasteiger partial charge in [-0.1, -0.05) is 73.5 Å². The zero-order chi connectivity index (χ0) is 29.4. The van der Waals surface area contributed by atoms with Crippen molar-refractivity contribution in [3.8, 4) is 0 Å². The second kappa shape index (κ2) is 13.8. The van der Waals surface area contributed by atoms with Crippen molar-refractivity contribution in [1.29, 1.82) is 0 Å². The van der Waals surface area contributed by atoms with Crippen molar-refractivity contribution in [2.24, 2.45) is 0 Å². The molecule has 214 valence electrons. The molecule has 3 aromatic carbocycles. The van der Waals surface area contributed by atoms with Crippen LogP contribution in [0, 0.1) is 20.8 Å². The van der Waals surface area contributed by atoms with Gasteiger partial charge in [-0.05, 0) is 74.6 Å². The molecule has 0 saturated heterocycles. The summed E-state index contributed by atoms with van der Waals surface area (Å²) < 4.78 is 29.2. The van der Waals surface area contributed by atoms with E-state index in [4.69, 9.17) is 11.6 Å². The summed E-state index contributed by atoms with van der Waals surface area (Å²) in [5.74, 6) is -0.755. The second-order valence-corrected chi connectivity index (χ2v) is 12.1. The van der Waals surface area contributed by atoms with E-state index >= 15 is 0 Å². The highest BCUT2D eigenvalue weighted by molar-refractivity contribution is 7.92. The Hall–Kier alpha value is -3.36. The molecule has 0 saturated carbocycles. The van der Waals surface area contributed by atoms with Crippen LogP contribution in [0.3, 0.4) is 0 Å². The first-order valence-corrected chi connectivity index (χ1v) is 15.3. The lowest BCUT2D eigenvalue weighted by molar-refractivity contribution is -0.140. The van der Waals surface area contributed by atoms with Gasteiger partial charge in [0.2, 0.25) is 11.8 Å². The average Bonchev–Trinajstić information content (AvgIpc) is 2.93. The van der Waals surface area contributed by atoms with Crippen LogP contribution in [-0.2, 0) is 26.2 Å². The number of anilines is 1. The van der Waals surface area contributed by atoms with Crippen molar-refractivity contribution in [2.45, 2.75) is 64.9 Å². The minimum Gasteiger partial charge on any atom is -0.354 e. The monoisotopic (exact) mass is 583 g/mol. The van der Waals surface area contributed by atoms with Crippen LogP contribution in [0.15, 0.2) is 71.6 Å². The Morgan fingerprint density at radius 2 is 1.60 bits per heavy atom. The number of carbonyl (C=O) groups excluding carboxylic acids is 2. The Kier molecular flexibility index (Phi) is 10.8. The minimum atomic E-state index is -4.16. The zero-order valence-corrected chi connectivity index (χ0v) is 25.3. The standard InChI is InChI=1S/C31H38ClN3O4S/c1-6-19-33-31(37)28(7-2)34(20-25-12-9-8-11-23(25)4)30(36)21-35(29-14-10-13-27(32)24(29)5)40(38,39)26-17-15-22(3)16-18-26/h8-18,28H,6-7,19-21H2,1-5H3,(H,33,37). The summed E-state index contributed by atoms with van der Waals surface area (Å²) in [5, 5.41) is 3.29. The van der Waals surface area contributed by atoms with E-state index in [-0.39, 0.29) is 17.3 Å². The first-order valence-electron chi connectivity index (χ1n) is 13.5. The molecule has 0 aliphatic heterocycles. The minimum absolute atomic E-state index is 0.0588. The molecule has 1 N–H and O–H groups in total. The molecule has 0 aliphatic carbocycles. The Morgan fingerprint density at radius 3 is 2.23 bits per heavy atom. The maximum atomic E-state index is 14.2. The zero-order valence-electron chi connectivity index (χ0n) is 23.8. The van der Waals surface area contributed by atoms with E-state index in [2.05, 4.69) is 5.32 Å². The van der Waals surface area contributed by atoms with Crippen LogP contribution in [0.5, 0.6) is 0 Å². The molecular formula is C31H38ClN3O4S. The smallest absolute Gasteiger partial charge is 0.264 e. The normalized spacial score (nSPS) is 12.1. The summed E-state index contributed by atoms with van der Waals surface area (Å²) in [5.41, 5.74) is 3.60.